The van der Waals surface area contributed by atoms with Gasteiger partial charge in [-0.05, 0) is 19.1 Å². The van der Waals surface area contributed by atoms with E-state index in [4.69, 9.17) is 10.9 Å². The molecule has 94 valence electrons. The fourth-order valence-electron chi connectivity index (χ4n) is 1.36. The number of amides is 1. The van der Waals surface area contributed by atoms with Crippen LogP contribution in [0.3, 0.4) is 0 Å². The SMILES string of the molecule is CCC(CSC)NC(=O)C(CC)C(N)=NO. The summed E-state index contributed by atoms with van der Waals surface area (Å²) in [4.78, 5) is 11.8. The van der Waals surface area contributed by atoms with Crippen LogP contribution in [-0.4, -0.2) is 35.0 Å². The molecule has 0 radical (unpaired) electrons. The maximum atomic E-state index is 11.8. The molecule has 0 fully saturated rings. The van der Waals surface area contributed by atoms with E-state index in [1.165, 1.54) is 0 Å². The lowest BCUT2D eigenvalue weighted by Gasteiger charge is -2.19. The number of nitrogens with two attached hydrogens (primary N) is 1. The van der Waals surface area contributed by atoms with Crippen LogP contribution in [0.1, 0.15) is 26.7 Å². The number of nitrogens with one attached hydrogen (secondary N) is 1. The molecule has 0 saturated heterocycles. The summed E-state index contributed by atoms with van der Waals surface area (Å²) >= 11 is 1.68. The number of hydrogen-bond donors (Lipinski definition) is 3. The molecular weight excluding hydrogens is 226 g/mol. The first-order valence-corrected chi connectivity index (χ1v) is 6.76. The number of thioether (sulfide) groups is 1. The lowest BCUT2D eigenvalue weighted by molar-refractivity contribution is -0.123. The summed E-state index contributed by atoms with van der Waals surface area (Å²) in [6, 6.07) is 0.142. The zero-order valence-electron chi connectivity index (χ0n) is 10.1. The minimum Gasteiger partial charge on any atom is -0.409 e. The van der Waals surface area contributed by atoms with Crippen LogP contribution in [-0.2, 0) is 4.79 Å². The fourth-order valence-corrected chi connectivity index (χ4v) is 2.08. The third-order valence-corrected chi connectivity index (χ3v) is 3.14. The van der Waals surface area contributed by atoms with Gasteiger partial charge in [-0.2, -0.15) is 11.8 Å². The summed E-state index contributed by atoms with van der Waals surface area (Å²) < 4.78 is 0. The molecule has 0 spiro atoms. The molecule has 6 heteroatoms. The van der Waals surface area contributed by atoms with Crippen molar-refractivity contribution >= 4 is 23.5 Å². The Bertz CT molecular complexity index is 246. The molecule has 0 rings (SSSR count). The fraction of sp³-hybridized carbons (Fsp3) is 0.800. The van der Waals surface area contributed by atoms with Gasteiger partial charge in [0.2, 0.25) is 5.91 Å². The summed E-state index contributed by atoms with van der Waals surface area (Å²) in [5.41, 5.74) is 5.45. The van der Waals surface area contributed by atoms with Crippen LogP contribution in [0.5, 0.6) is 0 Å². The first-order chi connectivity index (χ1) is 7.60. The number of rotatable bonds is 7. The molecule has 0 saturated carbocycles. The quantitative estimate of drug-likeness (QED) is 0.271. The van der Waals surface area contributed by atoms with E-state index in [-0.39, 0.29) is 17.8 Å². The highest BCUT2D eigenvalue weighted by molar-refractivity contribution is 7.98. The van der Waals surface area contributed by atoms with Crippen LogP contribution in [0, 0.1) is 5.92 Å². The Morgan fingerprint density at radius 2 is 2.12 bits per heavy atom. The molecule has 2 atom stereocenters. The minimum atomic E-state index is -0.541. The topological polar surface area (TPSA) is 87.7 Å². The lowest BCUT2D eigenvalue weighted by Crippen LogP contribution is -2.44. The van der Waals surface area contributed by atoms with Crippen molar-refractivity contribution in [2.45, 2.75) is 32.7 Å². The third-order valence-electron chi connectivity index (χ3n) is 2.40. The molecule has 0 aromatic carbocycles. The second kappa shape index (κ2) is 8.27. The van der Waals surface area contributed by atoms with Gasteiger partial charge in [0.15, 0.2) is 5.84 Å². The van der Waals surface area contributed by atoms with Gasteiger partial charge < -0.3 is 16.3 Å². The summed E-state index contributed by atoms with van der Waals surface area (Å²) in [7, 11) is 0. The molecule has 0 heterocycles. The number of nitrogens with zero attached hydrogens (tertiary/aromatic N) is 1. The molecule has 5 nitrogen and oxygen atoms in total. The van der Waals surface area contributed by atoms with Crippen molar-refractivity contribution in [1.29, 1.82) is 0 Å². The van der Waals surface area contributed by atoms with E-state index in [1.807, 2.05) is 20.1 Å². The van der Waals surface area contributed by atoms with Crippen LogP contribution in [0.2, 0.25) is 0 Å². The van der Waals surface area contributed by atoms with Crippen molar-refractivity contribution in [3.8, 4) is 0 Å². The molecule has 0 aliphatic heterocycles. The molecule has 0 bridgehead atoms. The smallest absolute Gasteiger partial charge is 0.231 e. The Balaban J connectivity index is 4.40. The largest absolute Gasteiger partial charge is 0.409 e. The van der Waals surface area contributed by atoms with E-state index >= 15 is 0 Å². The highest BCUT2D eigenvalue weighted by Gasteiger charge is 2.22. The Hall–Kier alpha value is -0.910. The van der Waals surface area contributed by atoms with Gasteiger partial charge in [-0.3, -0.25) is 4.79 Å². The zero-order chi connectivity index (χ0) is 12.6. The summed E-state index contributed by atoms with van der Waals surface area (Å²) in [6.45, 7) is 3.85. The van der Waals surface area contributed by atoms with Crippen molar-refractivity contribution in [2.24, 2.45) is 16.8 Å². The number of carbonyl (C=O) groups is 1. The van der Waals surface area contributed by atoms with Crippen molar-refractivity contribution in [3.63, 3.8) is 0 Å². The van der Waals surface area contributed by atoms with E-state index in [0.29, 0.717) is 6.42 Å². The molecule has 0 aliphatic carbocycles. The number of carbonyl (C=O) groups excluding carboxylic acids is 1. The zero-order valence-corrected chi connectivity index (χ0v) is 10.9. The molecular formula is C10H21N3O2S. The average Bonchev–Trinajstić information content (AvgIpc) is 2.29. The average molecular weight is 247 g/mol. The van der Waals surface area contributed by atoms with Crippen molar-refractivity contribution in [1.82, 2.24) is 5.32 Å². The summed E-state index contributed by atoms with van der Waals surface area (Å²) in [6.07, 6.45) is 3.40. The Kier molecular flexibility index (Phi) is 7.80. The maximum absolute atomic E-state index is 11.8. The van der Waals surface area contributed by atoms with Crippen LogP contribution in [0.25, 0.3) is 0 Å². The first kappa shape index (κ1) is 15.1. The standard InChI is InChI=1S/C10H21N3O2S/c1-4-7(6-16-3)12-10(14)8(5-2)9(11)13-15/h7-8,15H,4-6H2,1-3H3,(H2,11,13)(H,12,14). The number of amidine groups is 1. The number of oxime groups is 1. The molecule has 2 unspecified atom stereocenters. The molecule has 0 aromatic heterocycles. The van der Waals surface area contributed by atoms with Gasteiger partial charge in [0, 0.05) is 11.8 Å². The first-order valence-electron chi connectivity index (χ1n) is 5.37. The van der Waals surface area contributed by atoms with E-state index in [9.17, 15) is 4.79 Å². The van der Waals surface area contributed by atoms with Crippen LogP contribution >= 0.6 is 11.8 Å². The predicted molar refractivity (Wildman–Crippen MR) is 67.8 cm³/mol. The normalized spacial score (nSPS) is 15.6. The van der Waals surface area contributed by atoms with Gasteiger partial charge >= 0.3 is 0 Å². The van der Waals surface area contributed by atoms with Crippen LogP contribution in [0.15, 0.2) is 5.16 Å². The van der Waals surface area contributed by atoms with Gasteiger partial charge in [-0.1, -0.05) is 19.0 Å². The Morgan fingerprint density at radius 3 is 2.50 bits per heavy atom. The highest BCUT2D eigenvalue weighted by atomic mass is 32.2. The monoisotopic (exact) mass is 247 g/mol. The Labute approximate surface area is 101 Å². The molecule has 16 heavy (non-hydrogen) atoms. The Morgan fingerprint density at radius 1 is 1.50 bits per heavy atom. The second-order valence-corrected chi connectivity index (χ2v) is 4.47. The van der Waals surface area contributed by atoms with E-state index in [2.05, 4.69) is 10.5 Å². The van der Waals surface area contributed by atoms with E-state index < -0.39 is 5.92 Å². The second-order valence-electron chi connectivity index (χ2n) is 3.55. The van der Waals surface area contributed by atoms with E-state index in [1.54, 1.807) is 11.8 Å². The predicted octanol–water partition coefficient (Wildman–Crippen LogP) is 1.02. The third kappa shape index (κ3) is 4.74. The van der Waals surface area contributed by atoms with E-state index in [0.717, 1.165) is 12.2 Å². The molecule has 1 amide bonds. The molecule has 0 aliphatic rings. The van der Waals surface area contributed by atoms with Gasteiger partial charge in [0.05, 0.1) is 5.92 Å². The highest BCUT2D eigenvalue weighted by Crippen LogP contribution is 2.06. The van der Waals surface area contributed by atoms with Crippen LogP contribution < -0.4 is 11.1 Å². The maximum Gasteiger partial charge on any atom is 0.231 e. The van der Waals surface area contributed by atoms with Gasteiger partial charge in [-0.25, -0.2) is 0 Å². The van der Waals surface area contributed by atoms with Gasteiger partial charge in [0.1, 0.15) is 0 Å². The van der Waals surface area contributed by atoms with Crippen molar-refractivity contribution in [2.75, 3.05) is 12.0 Å². The molecule has 0 aromatic rings. The lowest BCUT2D eigenvalue weighted by atomic mass is 10.0. The minimum absolute atomic E-state index is 0.0287. The van der Waals surface area contributed by atoms with Crippen LogP contribution in [0.4, 0.5) is 0 Å². The van der Waals surface area contributed by atoms with Gasteiger partial charge in [0.25, 0.3) is 0 Å². The number of hydrogen-bond acceptors (Lipinski definition) is 4. The summed E-state index contributed by atoms with van der Waals surface area (Å²) in [5.74, 6) is 0.132. The van der Waals surface area contributed by atoms with Crippen molar-refractivity contribution in [3.05, 3.63) is 0 Å². The molecule has 4 N–H and O–H groups in total. The summed E-state index contributed by atoms with van der Waals surface area (Å²) in [5, 5.41) is 14.3. The van der Waals surface area contributed by atoms with Crippen molar-refractivity contribution < 1.29 is 10.0 Å². The van der Waals surface area contributed by atoms with Gasteiger partial charge in [-0.15, -0.1) is 0 Å².